The molecule has 0 unspecified atom stereocenters. The van der Waals surface area contributed by atoms with Crippen molar-refractivity contribution < 1.29 is 22.8 Å². The van der Waals surface area contributed by atoms with Crippen molar-refractivity contribution in [2.45, 2.75) is 12.8 Å². The van der Waals surface area contributed by atoms with E-state index in [9.17, 15) is 28.1 Å². The van der Waals surface area contributed by atoms with Crippen molar-refractivity contribution in [3.63, 3.8) is 0 Å². The number of rotatable bonds is 3. The smallest absolute Gasteiger partial charge is 0.396 e. The standard InChI is InChI=1S/C8H4F3N3O4/c9-8(10,11)18-7-4(1-2-12)13-6(15)3-5(7)14(16)17/h3H,1H2,(H,13,15). The van der Waals surface area contributed by atoms with Gasteiger partial charge in [-0.15, -0.1) is 13.2 Å². The Bertz CT molecular complexity index is 572. The summed E-state index contributed by atoms with van der Waals surface area (Å²) in [5.74, 6) is -1.19. The number of nitrogens with zero attached hydrogens (tertiary/aromatic N) is 2. The second-order valence-corrected chi connectivity index (χ2v) is 2.97. The third-order valence-electron chi connectivity index (χ3n) is 1.72. The van der Waals surface area contributed by atoms with Crippen LogP contribution in [0.1, 0.15) is 5.69 Å². The first-order valence-corrected chi connectivity index (χ1v) is 4.28. The number of alkyl halides is 3. The second-order valence-electron chi connectivity index (χ2n) is 2.97. The van der Waals surface area contributed by atoms with Gasteiger partial charge < -0.3 is 9.72 Å². The highest BCUT2D eigenvalue weighted by molar-refractivity contribution is 5.49. The first-order valence-electron chi connectivity index (χ1n) is 4.28. The molecule has 0 bridgehead atoms. The summed E-state index contributed by atoms with van der Waals surface area (Å²) >= 11 is 0. The van der Waals surface area contributed by atoms with Crippen LogP contribution < -0.4 is 10.3 Å². The highest BCUT2D eigenvalue weighted by Gasteiger charge is 2.36. The number of halogens is 3. The lowest BCUT2D eigenvalue weighted by molar-refractivity contribution is -0.388. The van der Waals surface area contributed by atoms with E-state index < -0.39 is 40.4 Å². The molecular formula is C8H4F3N3O4. The van der Waals surface area contributed by atoms with E-state index >= 15 is 0 Å². The minimum atomic E-state index is -5.17. The molecular weight excluding hydrogens is 259 g/mol. The predicted octanol–water partition coefficient (Wildman–Crippen LogP) is 1.25. The Morgan fingerprint density at radius 2 is 2.17 bits per heavy atom. The van der Waals surface area contributed by atoms with Gasteiger partial charge in [0, 0.05) is 0 Å². The Labute approximate surface area is 96.6 Å². The van der Waals surface area contributed by atoms with Gasteiger partial charge in [0.05, 0.1) is 29.2 Å². The lowest BCUT2D eigenvalue weighted by atomic mass is 10.2. The van der Waals surface area contributed by atoms with E-state index in [-0.39, 0.29) is 0 Å². The van der Waals surface area contributed by atoms with Crippen LogP contribution in [0.25, 0.3) is 0 Å². The van der Waals surface area contributed by atoms with E-state index in [4.69, 9.17) is 5.26 Å². The maximum atomic E-state index is 12.1. The summed E-state index contributed by atoms with van der Waals surface area (Å²) < 4.78 is 39.7. The zero-order valence-corrected chi connectivity index (χ0v) is 8.45. The summed E-state index contributed by atoms with van der Waals surface area (Å²) in [7, 11) is 0. The minimum Gasteiger partial charge on any atom is -0.396 e. The first kappa shape index (κ1) is 13.5. The topological polar surface area (TPSA) is 109 Å². The molecule has 0 aromatic carbocycles. The van der Waals surface area contributed by atoms with Gasteiger partial charge in [-0.05, 0) is 0 Å². The van der Waals surface area contributed by atoms with Gasteiger partial charge in [0.2, 0.25) is 5.75 Å². The number of nitrogens with one attached hydrogen (secondary N) is 1. The molecule has 0 aliphatic carbocycles. The monoisotopic (exact) mass is 263 g/mol. The van der Waals surface area contributed by atoms with E-state index in [1.54, 1.807) is 0 Å². The molecule has 1 heterocycles. The minimum absolute atomic E-state index is 0.349. The molecule has 18 heavy (non-hydrogen) atoms. The van der Waals surface area contributed by atoms with Gasteiger partial charge in [0.25, 0.3) is 5.56 Å². The molecule has 0 saturated heterocycles. The van der Waals surface area contributed by atoms with Crippen LogP contribution in [0.15, 0.2) is 10.9 Å². The van der Waals surface area contributed by atoms with E-state index in [1.165, 1.54) is 6.07 Å². The molecule has 0 atom stereocenters. The molecule has 0 saturated carbocycles. The number of H-pyrrole nitrogens is 1. The van der Waals surface area contributed by atoms with Crippen molar-refractivity contribution >= 4 is 5.69 Å². The Hall–Kier alpha value is -2.57. The van der Waals surface area contributed by atoms with Crippen LogP contribution in [-0.2, 0) is 6.42 Å². The third kappa shape index (κ3) is 3.21. The zero-order valence-electron chi connectivity index (χ0n) is 8.45. The van der Waals surface area contributed by atoms with Gasteiger partial charge in [-0.3, -0.25) is 14.9 Å². The van der Waals surface area contributed by atoms with E-state index in [0.717, 1.165) is 0 Å². The van der Waals surface area contributed by atoms with Gasteiger partial charge in [-0.1, -0.05) is 0 Å². The predicted molar refractivity (Wildman–Crippen MR) is 49.7 cm³/mol. The fourth-order valence-corrected chi connectivity index (χ4v) is 1.15. The Morgan fingerprint density at radius 3 is 2.61 bits per heavy atom. The summed E-state index contributed by atoms with van der Waals surface area (Å²) in [6.07, 6.45) is -5.84. The van der Waals surface area contributed by atoms with Crippen LogP contribution in [0.5, 0.6) is 5.75 Å². The SMILES string of the molecule is N#CCc1[nH]c(=O)cc([N+](=O)[O-])c1OC(F)(F)F. The lowest BCUT2D eigenvalue weighted by Crippen LogP contribution is -2.21. The van der Waals surface area contributed by atoms with Gasteiger partial charge in [0.1, 0.15) is 0 Å². The number of hydrogen-bond acceptors (Lipinski definition) is 5. The largest absolute Gasteiger partial charge is 0.573 e. The Morgan fingerprint density at radius 1 is 1.56 bits per heavy atom. The second kappa shape index (κ2) is 4.74. The molecule has 0 aliphatic rings. The zero-order chi connectivity index (χ0) is 13.9. The average Bonchev–Trinajstić information content (AvgIpc) is 2.19. The lowest BCUT2D eigenvalue weighted by Gasteiger charge is -2.11. The molecule has 1 aromatic rings. The van der Waals surface area contributed by atoms with Crippen molar-refractivity contribution in [3.8, 4) is 11.8 Å². The first-order chi connectivity index (χ1) is 8.24. The summed E-state index contributed by atoms with van der Waals surface area (Å²) in [6.45, 7) is 0. The fourth-order valence-electron chi connectivity index (χ4n) is 1.15. The van der Waals surface area contributed by atoms with Crippen LogP contribution in [0, 0.1) is 21.4 Å². The summed E-state index contributed by atoms with van der Waals surface area (Å²) in [4.78, 5) is 22.2. The molecule has 0 amide bonds. The van der Waals surface area contributed by atoms with Gasteiger partial charge in [-0.25, -0.2) is 0 Å². The molecule has 96 valence electrons. The normalized spacial score (nSPS) is 10.8. The molecule has 0 aliphatic heterocycles. The Balaban J connectivity index is 3.46. The fraction of sp³-hybridized carbons (Fsp3) is 0.250. The molecule has 0 fully saturated rings. The van der Waals surface area contributed by atoms with Crippen molar-refractivity contribution in [1.82, 2.24) is 4.98 Å². The molecule has 1 N–H and O–H groups in total. The van der Waals surface area contributed by atoms with E-state index in [2.05, 4.69) is 4.74 Å². The van der Waals surface area contributed by atoms with Crippen LogP contribution in [0.4, 0.5) is 18.9 Å². The molecule has 1 rings (SSSR count). The quantitative estimate of drug-likeness (QED) is 0.651. The van der Waals surface area contributed by atoms with Crippen molar-refractivity contribution in [2.24, 2.45) is 0 Å². The summed E-state index contributed by atoms with van der Waals surface area (Å²) in [6, 6.07) is 1.81. The van der Waals surface area contributed by atoms with Gasteiger partial charge >= 0.3 is 12.0 Å². The number of ether oxygens (including phenoxy) is 1. The number of nitro groups is 1. The maximum absolute atomic E-state index is 12.1. The summed E-state index contributed by atoms with van der Waals surface area (Å²) in [5, 5.41) is 18.9. The number of hydrogen-bond donors (Lipinski definition) is 1. The summed E-state index contributed by atoms with van der Waals surface area (Å²) in [5.41, 5.74) is -2.75. The number of pyridine rings is 1. The van der Waals surface area contributed by atoms with Crippen LogP contribution >= 0.6 is 0 Å². The number of nitriles is 1. The maximum Gasteiger partial charge on any atom is 0.573 e. The van der Waals surface area contributed by atoms with Crippen molar-refractivity contribution in [3.05, 3.63) is 32.2 Å². The van der Waals surface area contributed by atoms with Crippen LogP contribution in [0.2, 0.25) is 0 Å². The van der Waals surface area contributed by atoms with E-state index in [0.29, 0.717) is 6.07 Å². The molecule has 0 spiro atoms. The molecule has 0 radical (unpaired) electrons. The van der Waals surface area contributed by atoms with E-state index in [1.807, 2.05) is 4.98 Å². The molecule has 1 aromatic heterocycles. The highest BCUT2D eigenvalue weighted by atomic mass is 19.4. The van der Waals surface area contributed by atoms with Crippen LogP contribution in [-0.4, -0.2) is 16.3 Å². The van der Waals surface area contributed by atoms with Gasteiger partial charge in [0.15, 0.2) is 0 Å². The number of aromatic nitrogens is 1. The average molecular weight is 263 g/mol. The molecule has 7 nitrogen and oxygen atoms in total. The van der Waals surface area contributed by atoms with Crippen LogP contribution in [0.3, 0.4) is 0 Å². The van der Waals surface area contributed by atoms with Crippen molar-refractivity contribution in [2.75, 3.05) is 0 Å². The highest BCUT2D eigenvalue weighted by Crippen LogP contribution is 2.33. The third-order valence-corrected chi connectivity index (χ3v) is 1.72. The Kier molecular flexibility index (Phi) is 3.55. The number of aromatic amines is 1. The van der Waals surface area contributed by atoms with Gasteiger partial charge in [-0.2, -0.15) is 5.26 Å². The van der Waals surface area contributed by atoms with Crippen molar-refractivity contribution in [1.29, 1.82) is 5.26 Å². The molecule has 10 heteroatoms.